The topological polar surface area (TPSA) is 21.7 Å². The Hall–Kier alpha value is 0.0969. The molecule has 0 fully saturated rings. The van der Waals surface area contributed by atoms with E-state index < -0.39 is 0 Å². The van der Waals surface area contributed by atoms with Crippen LogP contribution in [0.5, 0.6) is 0 Å². The lowest BCUT2D eigenvalue weighted by Gasteiger charge is -2.20. The van der Waals surface area contributed by atoms with Gasteiger partial charge in [0, 0.05) is 20.3 Å². The van der Waals surface area contributed by atoms with E-state index in [-0.39, 0.29) is 15.4 Å². The van der Waals surface area contributed by atoms with Gasteiger partial charge in [0.2, 0.25) is 0 Å². The Morgan fingerprint density at radius 1 is 1.23 bits per heavy atom. The van der Waals surface area contributed by atoms with Crippen LogP contribution in [-0.2, 0) is 9.47 Å². The zero-order valence-electron chi connectivity index (χ0n) is 9.54. The molecule has 0 aliphatic carbocycles. The minimum Gasteiger partial charge on any atom is -0.360 e. The summed E-state index contributed by atoms with van der Waals surface area (Å²) in [6, 6.07) is 1.95. The molecule has 0 aliphatic rings. The second kappa shape index (κ2) is 7.50. The molecule has 80 valence electrons. The lowest BCUT2D eigenvalue weighted by molar-refractivity contribution is -0.0441. The van der Waals surface area contributed by atoms with Gasteiger partial charge in [0.1, 0.15) is 5.91 Å². The summed E-state index contributed by atoms with van der Waals surface area (Å²) in [6.45, 7) is 2.25. The van der Waals surface area contributed by atoms with Gasteiger partial charge in [-0.3, -0.25) is 0 Å². The molecule has 1 atom stereocenters. The average molecular weight is 205 g/mol. The Kier molecular flexibility index (Phi) is 7.55. The van der Waals surface area contributed by atoms with E-state index in [2.05, 4.69) is 25.9 Å². The van der Waals surface area contributed by atoms with E-state index in [0.717, 1.165) is 0 Å². The molecule has 4 heteroatoms. The molecule has 0 rings (SSSR count). The fraction of sp³-hybridized carbons (Fsp3) is 1.00. The summed E-state index contributed by atoms with van der Waals surface area (Å²) in [5.41, 5.74) is 0. The summed E-state index contributed by atoms with van der Waals surface area (Å²) in [7, 11) is 7.46. The first-order chi connectivity index (χ1) is 6.11. The molecular weight excluding hydrogens is 182 g/mol. The summed E-state index contributed by atoms with van der Waals surface area (Å²) in [5.74, 6) is 0.106. The Balaban J connectivity index is 3.43. The normalized spacial score (nSPS) is 15.0. The predicted octanol–water partition coefficient (Wildman–Crippen LogP) is 0.490. The molecule has 0 saturated carbocycles. The lowest BCUT2D eigenvalue weighted by atomic mass is 10.2. The van der Waals surface area contributed by atoms with E-state index in [9.17, 15) is 0 Å². The van der Waals surface area contributed by atoms with E-state index in [0.29, 0.717) is 6.04 Å². The molecule has 0 aliphatic heterocycles. The first-order valence-corrected chi connectivity index (χ1v) is 6.65. The lowest BCUT2D eigenvalue weighted by Crippen LogP contribution is -2.27. The maximum absolute atomic E-state index is 5.17. The molecule has 0 aromatic carbocycles. The van der Waals surface area contributed by atoms with Gasteiger partial charge in [-0.2, -0.15) is 0 Å². The summed E-state index contributed by atoms with van der Waals surface area (Å²) < 4.78 is 10.3. The monoisotopic (exact) mass is 205 g/mol. The summed E-state index contributed by atoms with van der Waals surface area (Å²) in [6.07, 6.45) is 1.25. The molecule has 13 heavy (non-hydrogen) atoms. The van der Waals surface area contributed by atoms with Gasteiger partial charge in [-0.1, -0.05) is 6.04 Å². The van der Waals surface area contributed by atoms with Gasteiger partial charge in [-0.15, -0.1) is 0 Å². The standard InChI is InChI=1S/C9H23NO2Si/c1-8(10(2)3)6-7-13-9(11-4)12-5/h8-9H,6-7,13H2,1-5H3. The van der Waals surface area contributed by atoms with Gasteiger partial charge in [0.05, 0.1) is 9.52 Å². The van der Waals surface area contributed by atoms with Crippen LogP contribution in [0.2, 0.25) is 6.04 Å². The van der Waals surface area contributed by atoms with Crippen LogP contribution in [0.3, 0.4) is 0 Å². The van der Waals surface area contributed by atoms with Crippen molar-refractivity contribution in [2.24, 2.45) is 0 Å². The maximum Gasteiger partial charge on any atom is 0.134 e. The van der Waals surface area contributed by atoms with Crippen LogP contribution in [-0.4, -0.2) is 54.7 Å². The van der Waals surface area contributed by atoms with Crippen molar-refractivity contribution in [2.75, 3.05) is 28.3 Å². The average Bonchev–Trinajstić information content (AvgIpc) is 2.12. The van der Waals surface area contributed by atoms with Crippen molar-refractivity contribution in [1.29, 1.82) is 0 Å². The number of rotatable bonds is 7. The number of methoxy groups -OCH3 is 2. The number of ether oxygens (including phenoxy) is 2. The van der Waals surface area contributed by atoms with E-state index in [4.69, 9.17) is 9.47 Å². The zero-order valence-corrected chi connectivity index (χ0v) is 11.0. The third-order valence-electron chi connectivity index (χ3n) is 2.47. The van der Waals surface area contributed by atoms with Crippen LogP contribution in [0, 0.1) is 0 Å². The second-order valence-corrected chi connectivity index (χ2v) is 5.60. The first kappa shape index (κ1) is 13.1. The largest absolute Gasteiger partial charge is 0.360 e. The fourth-order valence-electron chi connectivity index (χ4n) is 1.17. The molecular formula is C9H23NO2Si. The molecule has 0 amide bonds. The molecule has 3 nitrogen and oxygen atoms in total. The van der Waals surface area contributed by atoms with Crippen molar-refractivity contribution < 1.29 is 9.47 Å². The maximum atomic E-state index is 5.17. The molecule has 0 aromatic heterocycles. The highest BCUT2D eigenvalue weighted by molar-refractivity contribution is 6.36. The molecule has 0 N–H and O–H groups in total. The molecule has 1 unspecified atom stereocenters. The van der Waals surface area contributed by atoms with E-state index in [1.165, 1.54) is 12.5 Å². The van der Waals surface area contributed by atoms with Crippen LogP contribution in [0.25, 0.3) is 0 Å². The number of nitrogens with zero attached hydrogens (tertiary/aromatic N) is 1. The third kappa shape index (κ3) is 6.21. The molecule has 0 heterocycles. The Morgan fingerprint density at radius 2 is 1.77 bits per heavy atom. The molecule has 0 spiro atoms. The van der Waals surface area contributed by atoms with Crippen LogP contribution in [0.4, 0.5) is 0 Å². The summed E-state index contributed by atoms with van der Waals surface area (Å²) in [4.78, 5) is 2.25. The van der Waals surface area contributed by atoms with Crippen molar-refractivity contribution in [3.05, 3.63) is 0 Å². The number of hydrogen-bond acceptors (Lipinski definition) is 3. The highest BCUT2D eigenvalue weighted by Gasteiger charge is 2.08. The molecule has 0 bridgehead atoms. The Morgan fingerprint density at radius 3 is 2.15 bits per heavy atom. The van der Waals surface area contributed by atoms with Gasteiger partial charge < -0.3 is 14.4 Å². The smallest absolute Gasteiger partial charge is 0.134 e. The zero-order chi connectivity index (χ0) is 10.3. The van der Waals surface area contributed by atoms with Crippen molar-refractivity contribution in [3.8, 4) is 0 Å². The second-order valence-electron chi connectivity index (χ2n) is 3.64. The SMILES string of the molecule is COC(OC)[SiH2]CCC(C)N(C)C. The molecule has 0 aromatic rings. The minimum atomic E-state index is -0.221. The van der Waals surface area contributed by atoms with E-state index in [1.807, 2.05) is 0 Å². The van der Waals surface area contributed by atoms with Crippen molar-refractivity contribution >= 4 is 9.52 Å². The van der Waals surface area contributed by atoms with Gasteiger partial charge in [-0.05, 0) is 27.4 Å². The minimum absolute atomic E-state index is 0.106. The van der Waals surface area contributed by atoms with Crippen molar-refractivity contribution in [1.82, 2.24) is 4.90 Å². The first-order valence-electron chi connectivity index (χ1n) is 4.83. The van der Waals surface area contributed by atoms with Crippen LogP contribution in [0.15, 0.2) is 0 Å². The highest BCUT2D eigenvalue weighted by atomic mass is 28.2. The van der Waals surface area contributed by atoms with Crippen molar-refractivity contribution in [3.63, 3.8) is 0 Å². The number of hydrogen-bond donors (Lipinski definition) is 0. The quantitative estimate of drug-likeness (QED) is 0.446. The van der Waals surface area contributed by atoms with Gasteiger partial charge in [-0.25, -0.2) is 0 Å². The Labute approximate surface area is 84.2 Å². The summed E-state index contributed by atoms with van der Waals surface area (Å²) in [5, 5.41) is 0. The predicted molar refractivity (Wildman–Crippen MR) is 58.9 cm³/mol. The molecule has 0 saturated heterocycles. The van der Waals surface area contributed by atoms with Gasteiger partial charge in [0.25, 0.3) is 0 Å². The molecule has 0 radical (unpaired) electrons. The highest BCUT2D eigenvalue weighted by Crippen LogP contribution is 2.04. The van der Waals surface area contributed by atoms with Crippen LogP contribution < -0.4 is 0 Å². The van der Waals surface area contributed by atoms with Crippen LogP contribution in [0.1, 0.15) is 13.3 Å². The van der Waals surface area contributed by atoms with E-state index in [1.54, 1.807) is 14.2 Å². The van der Waals surface area contributed by atoms with Crippen LogP contribution >= 0.6 is 0 Å². The van der Waals surface area contributed by atoms with Gasteiger partial charge in [0.15, 0.2) is 0 Å². The van der Waals surface area contributed by atoms with Crippen molar-refractivity contribution in [2.45, 2.75) is 31.3 Å². The fourth-order valence-corrected chi connectivity index (χ4v) is 2.80. The summed E-state index contributed by atoms with van der Waals surface area (Å²) >= 11 is 0. The van der Waals surface area contributed by atoms with Gasteiger partial charge >= 0.3 is 0 Å². The van der Waals surface area contributed by atoms with E-state index >= 15 is 0 Å². The third-order valence-corrected chi connectivity index (χ3v) is 4.42. The Bertz CT molecular complexity index is 116.